The highest BCUT2D eigenvalue weighted by atomic mass is 28.4. The van der Waals surface area contributed by atoms with Gasteiger partial charge in [-0.3, -0.25) is 0 Å². The third-order valence-electron chi connectivity index (χ3n) is 5.62. The molecule has 1 aliphatic rings. The predicted molar refractivity (Wildman–Crippen MR) is 116 cm³/mol. The van der Waals surface area contributed by atoms with Crippen molar-refractivity contribution in [2.45, 2.75) is 77.7 Å². The maximum atomic E-state index is 12.9. The van der Waals surface area contributed by atoms with Gasteiger partial charge in [-0.2, -0.15) is 0 Å². The van der Waals surface area contributed by atoms with Crippen LogP contribution in [0.1, 0.15) is 47.5 Å². The molecule has 30 heavy (non-hydrogen) atoms. The smallest absolute Gasteiger partial charge is 0.429 e. The summed E-state index contributed by atoms with van der Waals surface area (Å²) in [4.78, 5) is 25.7. The largest absolute Gasteiger partial charge is 0.448 e. The molecule has 1 rings (SSSR count). The fraction of sp³-hybridized carbons (Fsp3) is 0.900. The second-order valence-electron chi connectivity index (χ2n) is 8.82. The van der Waals surface area contributed by atoms with Crippen molar-refractivity contribution in [1.29, 1.82) is 0 Å². The zero-order valence-corrected chi connectivity index (χ0v) is 20.9. The minimum atomic E-state index is -2.03. The average Bonchev–Trinajstić information content (AvgIpc) is 2.66. The molecule has 0 bridgehead atoms. The number of hydrogen-bond acceptors (Lipinski definition) is 7. The van der Waals surface area contributed by atoms with Crippen molar-refractivity contribution in [3.8, 4) is 0 Å². The van der Waals surface area contributed by atoms with Gasteiger partial charge in [0.15, 0.2) is 8.32 Å². The van der Waals surface area contributed by atoms with Crippen molar-refractivity contribution < 1.29 is 33.0 Å². The summed E-state index contributed by atoms with van der Waals surface area (Å²) in [5, 5.41) is 2.73. The Hall–Kier alpha value is -1.36. The van der Waals surface area contributed by atoms with Crippen molar-refractivity contribution in [1.82, 2.24) is 10.0 Å². The molecule has 1 aliphatic heterocycles. The highest BCUT2D eigenvalue weighted by molar-refractivity contribution is 6.74. The summed E-state index contributed by atoms with van der Waals surface area (Å²) in [7, 11) is -0.503. The van der Waals surface area contributed by atoms with E-state index < -0.39 is 20.5 Å². The number of carbonyl (C=O) groups is 2. The molecule has 0 aliphatic carbocycles. The monoisotopic (exact) mass is 448 g/mol. The van der Waals surface area contributed by atoms with Crippen LogP contribution in [0.4, 0.5) is 9.59 Å². The molecule has 176 valence electrons. The van der Waals surface area contributed by atoms with Crippen LogP contribution in [0.5, 0.6) is 0 Å². The summed E-state index contributed by atoms with van der Waals surface area (Å²) >= 11 is 0. The highest BCUT2D eigenvalue weighted by Gasteiger charge is 2.45. The quantitative estimate of drug-likeness (QED) is 0.299. The van der Waals surface area contributed by atoms with Crippen LogP contribution in [-0.2, 0) is 23.4 Å². The maximum absolute atomic E-state index is 12.9. The summed E-state index contributed by atoms with van der Waals surface area (Å²) in [6, 6.07) is -0.700. The van der Waals surface area contributed by atoms with Crippen LogP contribution < -0.4 is 0 Å². The molecule has 1 saturated heterocycles. The lowest BCUT2D eigenvalue weighted by atomic mass is 10.0. The predicted octanol–water partition coefficient (Wildman–Crippen LogP) is 3.99. The Bertz CT molecular complexity index is 554. The van der Waals surface area contributed by atoms with Crippen molar-refractivity contribution in [3.63, 3.8) is 0 Å². The molecule has 0 aromatic carbocycles. The Morgan fingerprint density at radius 3 is 1.80 bits per heavy atom. The first kappa shape index (κ1) is 26.7. The van der Waals surface area contributed by atoms with Crippen molar-refractivity contribution in [2.75, 3.05) is 40.3 Å². The molecular formula is C20H40N2O7Si. The molecule has 0 saturated carbocycles. The first-order valence-corrected chi connectivity index (χ1v) is 13.5. The van der Waals surface area contributed by atoms with E-state index in [0.717, 1.165) is 0 Å². The molecule has 0 radical (unpaired) electrons. The second-order valence-corrected chi connectivity index (χ2v) is 13.6. The van der Waals surface area contributed by atoms with Gasteiger partial charge in [0.1, 0.15) is 6.79 Å². The van der Waals surface area contributed by atoms with E-state index in [1.54, 1.807) is 13.8 Å². The molecule has 0 aromatic heterocycles. The van der Waals surface area contributed by atoms with Gasteiger partial charge in [0.05, 0.1) is 38.5 Å². The second kappa shape index (κ2) is 11.9. The molecule has 0 unspecified atom stereocenters. The van der Waals surface area contributed by atoms with E-state index in [1.165, 1.54) is 17.1 Å². The van der Waals surface area contributed by atoms with Gasteiger partial charge in [0.2, 0.25) is 0 Å². The lowest BCUT2D eigenvalue weighted by molar-refractivity contribution is -0.128. The van der Waals surface area contributed by atoms with E-state index in [-0.39, 0.29) is 43.7 Å². The standard InChI is InChI=1S/C20H40N2O7Si/c1-9-27-18(23)21-16(13-26-15-25-6)11-12-17(22(21)19(24)28-10-2)14-29-30(7,8)20(3,4)5/h16-17H,9-15H2,1-8H3/t16-,17+/m0/s1. The fourth-order valence-electron chi connectivity index (χ4n) is 2.93. The van der Waals surface area contributed by atoms with Crippen LogP contribution in [0, 0.1) is 0 Å². The minimum Gasteiger partial charge on any atom is -0.448 e. The van der Waals surface area contributed by atoms with Crippen LogP contribution in [0.25, 0.3) is 0 Å². The Morgan fingerprint density at radius 1 is 0.933 bits per heavy atom. The zero-order valence-electron chi connectivity index (χ0n) is 19.9. The third kappa shape index (κ3) is 7.11. The molecule has 2 atom stereocenters. The normalized spacial score (nSPS) is 20.3. The van der Waals surface area contributed by atoms with E-state index in [9.17, 15) is 9.59 Å². The van der Waals surface area contributed by atoms with Crippen LogP contribution >= 0.6 is 0 Å². The van der Waals surface area contributed by atoms with E-state index in [1.807, 2.05) is 0 Å². The molecule has 2 amide bonds. The molecule has 0 N–H and O–H groups in total. The molecular weight excluding hydrogens is 408 g/mol. The molecule has 0 aromatic rings. The number of methoxy groups -OCH3 is 1. The van der Waals surface area contributed by atoms with Crippen molar-refractivity contribution in [3.05, 3.63) is 0 Å². The molecule has 9 nitrogen and oxygen atoms in total. The summed E-state index contributed by atoms with van der Waals surface area (Å²) in [5.74, 6) is 0. The van der Waals surface area contributed by atoms with Gasteiger partial charge in [-0.25, -0.2) is 19.6 Å². The number of hydrazine groups is 1. The fourth-order valence-corrected chi connectivity index (χ4v) is 3.97. The van der Waals surface area contributed by atoms with Crippen LogP contribution in [0.15, 0.2) is 0 Å². The Morgan fingerprint density at radius 2 is 1.40 bits per heavy atom. The summed E-state index contributed by atoms with van der Waals surface area (Å²) in [6.45, 7) is 15.3. The summed E-state index contributed by atoms with van der Waals surface area (Å²) in [6.07, 6.45) is 0.105. The van der Waals surface area contributed by atoms with Gasteiger partial charge in [-0.05, 0) is 44.8 Å². The summed E-state index contributed by atoms with van der Waals surface area (Å²) < 4.78 is 27.3. The van der Waals surface area contributed by atoms with Gasteiger partial charge in [-0.1, -0.05) is 20.8 Å². The Kier molecular flexibility index (Phi) is 10.6. The van der Waals surface area contributed by atoms with E-state index in [0.29, 0.717) is 19.4 Å². The molecule has 0 spiro atoms. The van der Waals surface area contributed by atoms with Gasteiger partial charge < -0.3 is 23.4 Å². The lowest BCUT2D eigenvalue weighted by Crippen LogP contribution is -2.64. The van der Waals surface area contributed by atoms with E-state index in [4.69, 9.17) is 23.4 Å². The van der Waals surface area contributed by atoms with Crippen molar-refractivity contribution in [2.24, 2.45) is 0 Å². The van der Waals surface area contributed by atoms with Crippen LogP contribution in [0.2, 0.25) is 18.1 Å². The molecule has 10 heteroatoms. The number of amides is 2. The molecule has 1 fully saturated rings. The highest BCUT2D eigenvalue weighted by Crippen LogP contribution is 2.37. The van der Waals surface area contributed by atoms with Crippen molar-refractivity contribution >= 4 is 20.5 Å². The third-order valence-corrected chi connectivity index (χ3v) is 10.1. The van der Waals surface area contributed by atoms with E-state index >= 15 is 0 Å². The maximum Gasteiger partial charge on any atom is 0.429 e. The topological polar surface area (TPSA) is 86.8 Å². The van der Waals surface area contributed by atoms with Gasteiger partial charge in [0, 0.05) is 7.11 Å². The summed E-state index contributed by atoms with van der Waals surface area (Å²) in [5.41, 5.74) is 0. The Balaban J connectivity index is 3.13. The first-order chi connectivity index (χ1) is 14.0. The van der Waals surface area contributed by atoms with E-state index in [2.05, 4.69) is 33.9 Å². The number of hydrogen-bond donors (Lipinski definition) is 0. The van der Waals surface area contributed by atoms with Crippen LogP contribution in [0.3, 0.4) is 0 Å². The SMILES string of the molecule is CCOC(=O)N1[C@@H](CO[Si](C)(C)C(C)(C)C)CC[C@@H](COCOC)N1C(=O)OCC. The average molecular weight is 449 g/mol. The van der Waals surface area contributed by atoms with Gasteiger partial charge >= 0.3 is 12.2 Å². The molecule has 1 heterocycles. The number of carbonyl (C=O) groups excluding carboxylic acids is 2. The lowest BCUT2D eigenvalue weighted by Gasteiger charge is -2.47. The number of ether oxygens (including phenoxy) is 4. The number of nitrogens with zero attached hydrogens (tertiary/aromatic N) is 2. The Labute approximate surface area is 182 Å². The zero-order chi connectivity index (χ0) is 22.9. The van der Waals surface area contributed by atoms with Gasteiger partial charge in [0.25, 0.3) is 0 Å². The van der Waals surface area contributed by atoms with Crippen LogP contribution in [-0.4, -0.2) is 82.9 Å². The number of rotatable bonds is 9. The first-order valence-electron chi connectivity index (χ1n) is 10.6. The van der Waals surface area contributed by atoms with Gasteiger partial charge in [-0.15, -0.1) is 0 Å². The minimum absolute atomic E-state index is 0.0355.